The highest BCUT2D eigenvalue weighted by molar-refractivity contribution is 6.42. The van der Waals surface area contributed by atoms with Crippen LogP contribution in [0.4, 0.5) is 0 Å². The predicted molar refractivity (Wildman–Crippen MR) is 66.1 cm³/mol. The smallest absolute Gasteiger partial charge is 0.378 e. The highest BCUT2D eigenvalue weighted by Crippen LogP contribution is 2.24. The Labute approximate surface area is 114 Å². The average molecular weight is 288 g/mol. The van der Waals surface area contributed by atoms with Crippen molar-refractivity contribution in [1.82, 2.24) is 0 Å². The summed E-state index contributed by atoms with van der Waals surface area (Å²) in [6, 6.07) is 4.16. The summed E-state index contributed by atoms with van der Waals surface area (Å²) in [6.07, 6.45) is 0.664. The molecule has 0 heterocycles. The lowest BCUT2D eigenvalue weighted by Crippen LogP contribution is -2.17. The molecule has 0 N–H and O–H groups in total. The van der Waals surface area contributed by atoms with Crippen LogP contribution in [0, 0.1) is 0 Å². The Bertz CT molecular complexity index is 509. The molecular weight excluding hydrogens is 279 g/mol. The second-order valence-electron chi connectivity index (χ2n) is 3.22. The summed E-state index contributed by atoms with van der Waals surface area (Å²) in [4.78, 5) is 22.3. The van der Waals surface area contributed by atoms with Crippen LogP contribution >= 0.6 is 23.2 Å². The standard InChI is InChI=1S/C12H10Cl2O4/c1-2-18-12(17)11(16)6-10(15)7-3-4-8(13)9(14)5-7/h3-6,15H,2H2,1H3/p-1/b10-6-. The second-order valence-corrected chi connectivity index (χ2v) is 4.04. The lowest BCUT2D eigenvalue weighted by atomic mass is 10.1. The number of ketones is 1. The van der Waals surface area contributed by atoms with Crippen LogP contribution in [0.15, 0.2) is 24.3 Å². The van der Waals surface area contributed by atoms with E-state index in [2.05, 4.69) is 4.74 Å². The van der Waals surface area contributed by atoms with Crippen molar-refractivity contribution in [3.05, 3.63) is 39.9 Å². The van der Waals surface area contributed by atoms with Crippen LogP contribution in [-0.2, 0) is 14.3 Å². The van der Waals surface area contributed by atoms with Crippen molar-refractivity contribution in [2.45, 2.75) is 6.92 Å². The van der Waals surface area contributed by atoms with Crippen molar-refractivity contribution in [2.75, 3.05) is 6.61 Å². The Morgan fingerprint density at radius 3 is 2.56 bits per heavy atom. The topological polar surface area (TPSA) is 66.4 Å². The SMILES string of the molecule is CCOC(=O)C(=O)/C=C(\[O-])c1ccc(Cl)c(Cl)c1. The second kappa shape index (κ2) is 6.42. The minimum atomic E-state index is -1.06. The Morgan fingerprint density at radius 1 is 1.33 bits per heavy atom. The molecule has 1 aromatic carbocycles. The molecule has 6 heteroatoms. The first-order chi connectivity index (χ1) is 8.45. The third-order valence-electron chi connectivity index (χ3n) is 1.94. The molecule has 0 aromatic heterocycles. The van der Waals surface area contributed by atoms with E-state index >= 15 is 0 Å². The van der Waals surface area contributed by atoms with E-state index in [-0.39, 0.29) is 17.2 Å². The molecule has 0 spiro atoms. The van der Waals surface area contributed by atoms with Crippen LogP contribution in [-0.4, -0.2) is 18.4 Å². The normalized spacial score (nSPS) is 11.2. The molecule has 0 unspecified atom stereocenters. The molecule has 0 fully saturated rings. The van der Waals surface area contributed by atoms with E-state index in [0.29, 0.717) is 11.1 Å². The lowest BCUT2D eigenvalue weighted by molar-refractivity contribution is -0.243. The maximum Gasteiger partial charge on any atom is 0.378 e. The van der Waals surface area contributed by atoms with Gasteiger partial charge in [-0.1, -0.05) is 35.0 Å². The Morgan fingerprint density at radius 2 is 2.00 bits per heavy atom. The first-order valence-electron chi connectivity index (χ1n) is 5.01. The van der Waals surface area contributed by atoms with Crippen LogP contribution in [0.1, 0.15) is 12.5 Å². The number of carbonyl (C=O) groups excluding carboxylic acids is 2. The van der Waals surface area contributed by atoms with Gasteiger partial charge in [-0.05, 0) is 30.7 Å². The minimum Gasteiger partial charge on any atom is -0.872 e. The molecule has 0 aliphatic rings. The molecule has 0 atom stereocenters. The Hall–Kier alpha value is -1.52. The fraction of sp³-hybridized carbons (Fsp3) is 0.167. The number of benzene rings is 1. The van der Waals surface area contributed by atoms with Crippen LogP contribution < -0.4 is 5.11 Å². The molecular formula is C12H9Cl2O4-. The Balaban J connectivity index is 2.92. The van der Waals surface area contributed by atoms with Crippen LogP contribution in [0.25, 0.3) is 5.76 Å². The van der Waals surface area contributed by atoms with Gasteiger partial charge in [0.1, 0.15) is 0 Å². The first-order valence-corrected chi connectivity index (χ1v) is 5.76. The van der Waals surface area contributed by atoms with Gasteiger partial charge in [0.25, 0.3) is 5.78 Å². The summed E-state index contributed by atoms with van der Waals surface area (Å²) in [6.45, 7) is 1.63. The average Bonchev–Trinajstić information content (AvgIpc) is 2.32. The highest BCUT2D eigenvalue weighted by atomic mass is 35.5. The molecule has 0 saturated heterocycles. The maximum absolute atomic E-state index is 11.6. The van der Waals surface area contributed by atoms with Crippen LogP contribution in [0.3, 0.4) is 0 Å². The van der Waals surface area contributed by atoms with Gasteiger partial charge in [0.2, 0.25) is 0 Å². The number of hydrogen-bond acceptors (Lipinski definition) is 4. The third-order valence-corrected chi connectivity index (χ3v) is 2.68. The van der Waals surface area contributed by atoms with Crippen molar-refractivity contribution in [2.24, 2.45) is 0 Å². The fourth-order valence-corrected chi connectivity index (χ4v) is 1.41. The van der Waals surface area contributed by atoms with E-state index in [1.807, 2.05) is 0 Å². The van der Waals surface area contributed by atoms with Gasteiger partial charge in [0.05, 0.1) is 16.7 Å². The van der Waals surface area contributed by atoms with Crippen LogP contribution in [0.5, 0.6) is 0 Å². The number of halogens is 2. The van der Waals surface area contributed by atoms with E-state index in [0.717, 1.165) is 0 Å². The number of ether oxygens (including phenoxy) is 1. The van der Waals surface area contributed by atoms with Crippen molar-refractivity contribution < 1.29 is 19.4 Å². The first kappa shape index (κ1) is 14.5. The quantitative estimate of drug-likeness (QED) is 0.367. The number of carbonyl (C=O) groups is 2. The van der Waals surface area contributed by atoms with Crippen molar-refractivity contribution in [1.29, 1.82) is 0 Å². The van der Waals surface area contributed by atoms with Gasteiger partial charge in [0, 0.05) is 0 Å². The number of rotatable bonds is 4. The molecule has 0 radical (unpaired) electrons. The molecule has 4 nitrogen and oxygen atoms in total. The molecule has 1 rings (SSSR count). The van der Waals surface area contributed by atoms with Crippen molar-refractivity contribution in [3.8, 4) is 0 Å². The van der Waals surface area contributed by atoms with Gasteiger partial charge in [-0.25, -0.2) is 4.79 Å². The van der Waals surface area contributed by atoms with E-state index in [4.69, 9.17) is 23.2 Å². The van der Waals surface area contributed by atoms with E-state index in [9.17, 15) is 14.7 Å². The summed E-state index contributed by atoms with van der Waals surface area (Å²) in [5.74, 6) is -2.70. The van der Waals surface area contributed by atoms with Gasteiger partial charge in [-0.2, -0.15) is 0 Å². The zero-order valence-electron chi connectivity index (χ0n) is 9.41. The number of esters is 1. The lowest BCUT2D eigenvalue weighted by Gasteiger charge is -2.12. The van der Waals surface area contributed by atoms with E-state index in [1.165, 1.54) is 18.2 Å². The third kappa shape index (κ3) is 3.75. The molecule has 0 aliphatic heterocycles. The van der Waals surface area contributed by atoms with Gasteiger partial charge in [-0.3, -0.25) is 4.79 Å². The largest absolute Gasteiger partial charge is 0.872 e. The number of hydrogen-bond donors (Lipinski definition) is 0. The summed E-state index contributed by atoms with van der Waals surface area (Å²) in [5, 5.41) is 12.1. The molecule has 0 amide bonds. The predicted octanol–water partition coefficient (Wildman–Crippen LogP) is 1.83. The molecule has 0 saturated carbocycles. The molecule has 18 heavy (non-hydrogen) atoms. The molecule has 0 bridgehead atoms. The summed E-state index contributed by atoms with van der Waals surface area (Å²) in [7, 11) is 0. The zero-order valence-corrected chi connectivity index (χ0v) is 10.9. The maximum atomic E-state index is 11.6. The van der Waals surface area contributed by atoms with Gasteiger partial charge >= 0.3 is 5.97 Å². The molecule has 96 valence electrons. The Kier molecular flexibility index (Phi) is 5.19. The fourth-order valence-electron chi connectivity index (χ4n) is 1.11. The van der Waals surface area contributed by atoms with Gasteiger partial charge < -0.3 is 9.84 Å². The summed E-state index contributed by atoms with van der Waals surface area (Å²) < 4.78 is 4.46. The van der Waals surface area contributed by atoms with Crippen molar-refractivity contribution >= 4 is 40.7 Å². The highest BCUT2D eigenvalue weighted by Gasteiger charge is 2.11. The van der Waals surface area contributed by atoms with E-state index < -0.39 is 17.5 Å². The minimum absolute atomic E-state index is 0.0688. The van der Waals surface area contributed by atoms with Crippen LogP contribution in [0.2, 0.25) is 10.0 Å². The van der Waals surface area contributed by atoms with Crippen molar-refractivity contribution in [3.63, 3.8) is 0 Å². The van der Waals surface area contributed by atoms with E-state index in [1.54, 1.807) is 6.92 Å². The monoisotopic (exact) mass is 287 g/mol. The molecule has 0 aliphatic carbocycles. The zero-order chi connectivity index (χ0) is 13.7. The summed E-state index contributed by atoms with van der Waals surface area (Å²) >= 11 is 11.4. The van der Waals surface area contributed by atoms with Gasteiger partial charge in [-0.15, -0.1) is 0 Å². The summed E-state index contributed by atoms with van der Waals surface area (Å²) in [5.41, 5.74) is 0.169. The molecule has 1 aromatic rings. The van der Waals surface area contributed by atoms with Gasteiger partial charge in [0.15, 0.2) is 0 Å².